The molecule has 10 nitrogen and oxygen atoms in total. The summed E-state index contributed by atoms with van der Waals surface area (Å²) in [6.07, 6.45) is 1.97. The average molecular weight is 505 g/mol. The molecule has 2 aliphatic rings. The Labute approximate surface area is 202 Å². The molecule has 0 radical (unpaired) electrons. The van der Waals surface area contributed by atoms with Crippen molar-refractivity contribution in [2.24, 2.45) is 0 Å². The highest BCUT2D eigenvalue weighted by Gasteiger charge is 2.54. The van der Waals surface area contributed by atoms with Crippen LogP contribution < -0.4 is 11.1 Å². The molecule has 1 fully saturated rings. The van der Waals surface area contributed by atoms with Crippen LogP contribution in [0.15, 0.2) is 51.9 Å². The molecule has 0 aliphatic carbocycles. The maximum Gasteiger partial charge on any atom is 0.352 e. The lowest BCUT2D eigenvalue weighted by Crippen LogP contribution is -2.70. The van der Waals surface area contributed by atoms with Crippen molar-refractivity contribution in [3.63, 3.8) is 0 Å². The molecule has 1 aromatic carbocycles. The molecule has 3 heterocycles. The number of carbonyl (C=O) groups is 3. The number of carboxylic acid groups (broad SMARTS) is 1. The maximum absolute atomic E-state index is 12.8. The number of nitrogens with one attached hydrogen (secondary N) is 1. The molecule has 2 atom stereocenters. The normalized spacial score (nSPS) is 19.7. The molecule has 4 N–H and O–H groups in total. The number of nitrogen functional groups attached to an aromatic ring is 1. The predicted octanol–water partition coefficient (Wildman–Crippen LogP) is 1.25. The third-order valence-corrected chi connectivity index (χ3v) is 7.76. The van der Waals surface area contributed by atoms with Crippen LogP contribution in [0.3, 0.4) is 0 Å². The van der Waals surface area contributed by atoms with E-state index in [9.17, 15) is 19.5 Å². The van der Waals surface area contributed by atoms with Gasteiger partial charge in [0.2, 0.25) is 11.9 Å². The second kappa shape index (κ2) is 10.0. The number of aromatic nitrogens is 3. The number of hydrogen-bond donors (Lipinski definition) is 3. The number of β-lactam (4-membered cyclic amide) rings is 1. The molecule has 33 heavy (non-hydrogen) atoms. The molecule has 1 saturated heterocycles. The Morgan fingerprint density at radius 2 is 1.97 bits per heavy atom. The molecule has 0 unspecified atom stereocenters. The van der Waals surface area contributed by atoms with Gasteiger partial charge in [0.1, 0.15) is 17.1 Å². The van der Waals surface area contributed by atoms with E-state index in [4.69, 9.17) is 5.73 Å². The van der Waals surface area contributed by atoms with E-state index in [1.807, 2.05) is 36.6 Å². The van der Waals surface area contributed by atoms with Gasteiger partial charge in [-0.05, 0) is 17.4 Å². The standard InChI is InChI=1S/C20H20N6O4S3/c1-31-19-23-18(21)24-20(25-19)33-9-11-8-32-16-13(15(28)26(16)14(11)17(29)30)22-12(27)7-10-5-3-2-4-6-10/h2-6,13,16H,7-9H2,1H3,(H,22,27)(H,29,30)(H2,21,23,24,25)/t13-,16-/m1/s1. The van der Waals surface area contributed by atoms with Gasteiger partial charge in [-0.1, -0.05) is 53.9 Å². The maximum atomic E-state index is 12.8. The minimum atomic E-state index is -1.18. The van der Waals surface area contributed by atoms with Crippen LogP contribution in [0.1, 0.15) is 5.56 Å². The lowest BCUT2D eigenvalue weighted by Gasteiger charge is -2.49. The van der Waals surface area contributed by atoms with Gasteiger partial charge in [0.05, 0.1) is 6.42 Å². The van der Waals surface area contributed by atoms with Gasteiger partial charge in [-0.15, -0.1) is 11.8 Å². The van der Waals surface area contributed by atoms with Crippen molar-refractivity contribution in [3.8, 4) is 0 Å². The zero-order valence-electron chi connectivity index (χ0n) is 17.4. The summed E-state index contributed by atoms with van der Waals surface area (Å²) in [6.45, 7) is 0. The van der Waals surface area contributed by atoms with Crippen LogP contribution in [0, 0.1) is 0 Å². The SMILES string of the molecule is CSc1nc(N)nc(SCC2=C(C(=O)O)N3C(=O)[C@@H](NC(=O)Cc4ccccc4)[C@H]3SC2)n1. The highest BCUT2D eigenvalue weighted by Crippen LogP contribution is 2.41. The third-order valence-electron chi connectivity index (χ3n) is 4.94. The summed E-state index contributed by atoms with van der Waals surface area (Å²) in [7, 11) is 0. The number of thioether (sulfide) groups is 3. The van der Waals surface area contributed by atoms with Gasteiger partial charge in [0.15, 0.2) is 10.3 Å². The number of amides is 2. The Morgan fingerprint density at radius 1 is 1.24 bits per heavy atom. The summed E-state index contributed by atoms with van der Waals surface area (Å²) in [5.74, 6) is -1.10. The van der Waals surface area contributed by atoms with E-state index < -0.39 is 23.3 Å². The lowest BCUT2D eigenvalue weighted by atomic mass is 10.0. The number of benzene rings is 1. The fraction of sp³-hybridized carbons (Fsp3) is 0.300. The molecule has 0 spiro atoms. The van der Waals surface area contributed by atoms with E-state index in [0.717, 1.165) is 5.56 Å². The van der Waals surface area contributed by atoms with Crippen LogP contribution in [0.2, 0.25) is 0 Å². The molecule has 0 bridgehead atoms. The van der Waals surface area contributed by atoms with Crippen LogP contribution in [-0.4, -0.2) is 71.9 Å². The number of hydrogen-bond acceptors (Lipinski definition) is 10. The van der Waals surface area contributed by atoms with Gasteiger partial charge >= 0.3 is 5.97 Å². The summed E-state index contributed by atoms with van der Waals surface area (Å²) in [5, 5.41) is 13.0. The van der Waals surface area contributed by atoms with E-state index in [-0.39, 0.29) is 29.7 Å². The van der Waals surface area contributed by atoms with Crippen molar-refractivity contribution < 1.29 is 19.5 Å². The zero-order chi connectivity index (χ0) is 23.5. The molecule has 1 aromatic heterocycles. The largest absolute Gasteiger partial charge is 0.477 e. The highest BCUT2D eigenvalue weighted by atomic mass is 32.2. The van der Waals surface area contributed by atoms with E-state index in [1.165, 1.54) is 40.2 Å². The van der Waals surface area contributed by atoms with Crippen molar-refractivity contribution in [3.05, 3.63) is 47.2 Å². The van der Waals surface area contributed by atoms with Gasteiger partial charge < -0.3 is 16.2 Å². The van der Waals surface area contributed by atoms with Crippen LogP contribution in [0.5, 0.6) is 0 Å². The summed E-state index contributed by atoms with van der Waals surface area (Å²) in [6, 6.07) is 8.46. The lowest BCUT2D eigenvalue weighted by molar-refractivity contribution is -0.150. The van der Waals surface area contributed by atoms with Crippen LogP contribution in [-0.2, 0) is 20.8 Å². The van der Waals surface area contributed by atoms with Crippen molar-refractivity contribution in [1.29, 1.82) is 0 Å². The molecule has 2 amide bonds. The number of carbonyl (C=O) groups excluding carboxylic acids is 2. The summed E-state index contributed by atoms with van der Waals surface area (Å²) >= 11 is 3.98. The first-order chi connectivity index (χ1) is 15.9. The van der Waals surface area contributed by atoms with Gasteiger partial charge in [-0.2, -0.15) is 15.0 Å². The number of rotatable bonds is 8. The Kier molecular flexibility index (Phi) is 7.10. The minimum Gasteiger partial charge on any atom is -0.477 e. The Balaban J connectivity index is 1.44. The summed E-state index contributed by atoms with van der Waals surface area (Å²) in [5.41, 5.74) is 7.08. The number of nitrogens with zero attached hydrogens (tertiary/aromatic N) is 4. The molecule has 172 valence electrons. The molecular weight excluding hydrogens is 484 g/mol. The van der Waals surface area contributed by atoms with Crippen LogP contribution >= 0.6 is 35.3 Å². The quantitative estimate of drug-likeness (QED) is 0.352. The van der Waals surface area contributed by atoms with Crippen LogP contribution in [0.25, 0.3) is 0 Å². The molecule has 0 saturated carbocycles. The highest BCUT2D eigenvalue weighted by molar-refractivity contribution is 8.01. The average Bonchev–Trinajstić information content (AvgIpc) is 2.80. The number of nitrogens with two attached hydrogens (primary N) is 1. The van der Waals surface area contributed by atoms with Crippen molar-refractivity contribution in [1.82, 2.24) is 25.2 Å². The second-order valence-corrected chi connectivity index (χ2v) is 9.95. The molecular formula is C20H20N6O4S3. The number of carboxylic acids is 1. The predicted molar refractivity (Wildman–Crippen MR) is 127 cm³/mol. The van der Waals surface area contributed by atoms with E-state index in [1.54, 1.807) is 0 Å². The molecule has 2 aromatic rings. The van der Waals surface area contributed by atoms with Gasteiger partial charge in [-0.3, -0.25) is 14.5 Å². The monoisotopic (exact) mass is 504 g/mol. The van der Waals surface area contributed by atoms with Gasteiger partial charge in [0, 0.05) is 11.5 Å². The number of aliphatic carboxylic acids is 1. The number of fused-ring (bicyclic) bond motifs is 1. The first-order valence-corrected chi connectivity index (χ1v) is 13.0. The summed E-state index contributed by atoms with van der Waals surface area (Å²) in [4.78, 5) is 50.8. The fourth-order valence-electron chi connectivity index (χ4n) is 3.46. The minimum absolute atomic E-state index is 0.0445. The first-order valence-electron chi connectivity index (χ1n) is 9.79. The molecule has 13 heteroatoms. The smallest absolute Gasteiger partial charge is 0.352 e. The van der Waals surface area contributed by atoms with Crippen LogP contribution in [0.4, 0.5) is 5.95 Å². The molecule has 2 aliphatic heterocycles. The first kappa shape index (κ1) is 23.4. The van der Waals surface area contributed by atoms with E-state index in [2.05, 4.69) is 20.3 Å². The Hall–Kier alpha value is -2.77. The summed E-state index contributed by atoms with van der Waals surface area (Å²) < 4.78 is 0. The van der Waals surface area contributed by atoms with Crippen molar-refractivity contribution in [2.45, 2.75) is 28.1 Å². The second-order valence-electron chi connectivity index (χ2n) is 7.13. The Bertz CT molecular complexity index is 1130. The van der Waals surface area contributed by atoms with Crippen molar-refractivity contribution >= 4 is 59.0 Å². The topological polar surface area (TPSA) is 151 Å². The molecule has 4 rings (SSSR count). The fourth-order valence-corrected chi connectivity index (χ4v) is 6.21. The number of anilines is 1. The van der Waals surface area contributed by atoms with Gasteiger partial charge in [0.25, 0.3) is 5.91 Å². The van der Waals surface area contributed by atoms with E-state index >= 15 is 0 Å². The Morgan fingerprint density at radius 3 is 2.67 bits per heavy atom. The zero-order valence-corrected chi connectivity index (χ0v) is 19.9. The third kappa shape index (κ3) is 5.09. The van der Waals surface area contributed by atoms with Crippen molar-refractivity contribution in [2.75, 3.05) is 23.5 Å². The van der Waals surface area contributed by atoms with E-state index in [0.29, 0.717) is 21.6 Å². The van der Waals surface area contributed by atoms with Gasteiger partial charge in [-0.25, -0.2) is 4.79 Å².